The minimum atomic E-state index is -1.30. The summed E-state index contributed by atoms with van der Waals surface area (Å²) in [7, 11) is 6.56. The molecule has 1 unspecified atom stereocenters. The number of fused-ring (bicyclic) bond motifs is 1. The number of amides is 1. The third kappa shape index (κ3) is 7.01. The molecule has 2 aliphatic heterocycles. The molecule has 0 bridgehead atoms. The number of thioether (sulfide) groups is 1. The predicted molar refractivity (Wildman–Crippen MR) is 176 cm³/mol. The van der Waals surface area contributed by atoms with E-state index in [9.17, 15) is 9.59 Å². The Bertz CT molecular complexity index is 1430. The van der Waals surface area contributed by atoms with Crippen molar-refractivity contribution in [2.24, 2.45) is 5.92 Å². The summed E-state index contributed by atoms with van der Waals surface area (Å²) in [5, 5.41) is 0. The lowest BCUT2D eigenvalue weighted by atomic mass is 9.89. The molecular formula is C34H41ClN2O6S. The van der Waals surface area contributed by atoms with Crippen molar-refractivity contribution in [1.82, 2.24) is 4.90 Å². The van der Waals surface area contributed by atoms with E-state index in [-0.39, 0.29) is 30.0 Å². The van der Waals surface area contributed by atoms with Gasteiger partial charge in [-0.25, -0.2) is 0 Å². The number of methoxy groups -OCH3 is 3. The number of carbonyl (C=O) groups excluding carboxylic acids is 2. The van der Waals surface area contributed by atoms with E-state index in [0.717, 1.165) is 67.2 Å². The molecule has 0 N–H and O–H groups in total. The number of piperidine rings is 1. The van der Waals surface area contributed by atoms with Crippen LogP contribution in [-0.4, -0.2) is 71.2 Å². The molecule has 0 aromatic heterocycles. The van der Waals surface area contributed by atoms with Gasteiger partial charge in [-0.3, -0.25) is 9.59 Å². The minimum Gasteiger partial charge on any atom is -0.497 e. The van der Waals surface area contributed by atoms with E-state index in [1.807, 2.05) is 66.7 Å². The zero-order chi connectivity index (χ0) is 30.4. The summed E-state index contributed by atoms with van der Waals surface area (Å²) in [5.41, 5.74) is 2.24. The average molecular weight is 641 g/mol. The Hall–Kier alpha value is -3.24. The number of rotatable bonds is 12. The molecule has 1 atom stereocenters. The second kappa shape index (κ2) is 15.2. The van der Waals surface area contributed by atoms with Crippen LogP contribution in [0.3, 0.4) is 0 Å². The van der Waals surface area contributed by atoms with Crippen LogP contribution in [0.2, 0.25) is 0 Å². The number of hydrogen-bond donors (Lipinski definition) is 0. The van der Waals surface area contributed by atoms with Crippen LogP contribution in [0, 0.1) is 5.92 Å². The van der Waals surface area contributed by atoms with Crippen molar-refractivity contribution in [3.8, 4) is 17.2 Å². The van der Waals surface area contributed by atoms with Crippen LogP contribution in [-0.2, 0) is 14.5 Å². The van der Waals surface area contributed by atoms with Gasteiger partial charge in [0.05, 0.1) is 26.5 Å². The number of nitrogens with zero attached hydrogens (tertiary/aromatic N) is 2. The van der Waals surface area contributed by atoms with Crippen LogP contribution in [0.4, 0.5) is 5.69 Å². The molecule has 1 saturated heterocycles. The summed E-state index contributed by atoms with van der Waals surface area (Å²) in [6.07, 6.45) is 3.58. The zero-order valence-electron chi connectivity index (χ0n) is 25.7. The summed E-state index contributed by atoms with van der Waals surface area (Å²) >= 11 is 1.38. The molecule has 3 aromatic carbocycles. The van der Waals surface area contributed by atoms with Crippen molar-refractivity contribution in [2.45, 2.75) is 35.5 Å². The van der Waals surface area contributed by atoms with Gasteiger partial charge in [0.15, 0.2) is 5.78 Å². The Morgan fingerprint density at radius 1 is 0.932 bits per heavy atom. The number of hydrogen-bond acceptors (Lipinski definition) is 8. The fourth-order valence-electron chi connectivity index (χ4n) is 5.81. The largest absolute Gasteiger partial charge is 0.497 e. The Balaban J connectivity index is 0.00000442. The molecule has 2 aliphatic rings. The van der Waals surface area contributed by atoms with Crippen LogP contribution in [0.1, 0.15) is 41.6 Å². The summed E-state index contributed by atoms with van der Waals surface area (Å²) < 4.78 is 23.0. The van der Waals surface area contributed by atoms with Crippen molar-refractivity contribution in [3.63, 3.8) is 0 Å². The molecule has 0 saturated carbocycles. The maximum atomic E-state index is 13.8. The number of carbonyl (C=O) groups is 2. The highest BCUT2D eigenvalue weighted by Gasteiger charge is 2.50. The zero-order valence-corrected chi connectivity index (χ0v) is 27.4. The van der Waals surface area contributed by atoms with Crippen molar-refractivity contribution < 1.29 is 28.5 Å². The number of unbranched alkanes of at least 4 members (excludes halogenated alkanes) is 1. The molecule has 8 nitrogen and oxygen atoms in total. The molecule has 44 heavy (non-hydrogen) atoms. The van der Waals surface area contributed by atoms with Crippen molar-refractivity contribution in [3.05, 3.63) is 77.9 Å². The van der Waals surface area contributed by atoms with Crippen molar-refractivity contribution in [1.29, 1.82) is 0 Å². The lowest BCUT2D eigenvalue weighted by molar-refractivity contribution is -0.131. The van der Waals surface area contributed by atoms with Gasteiger partial charge in [-0.15, -0.1) is 12.4 Å². The number of likely N-dealkylation sites (tertiary alicyclic amines) is 1. The Labute approximate surface area is 270 Å². The normalized spacial score (nSPS) is 18.7. The third-order valence-electron chi connectivity index (χ3n) is 8.35. The SMILES string of the molecule is COc1ccc(C(=O)C2CCN(CCCCOc3ccc(OC)cc3C3(OC)Sc4ccccc4N(C)C3=O)CC2)cc1.Cl. The summed E-state index contributed by atoms with van der Waals surface area (Å²) in [4.78, 5) is 30.4. The van der Waals surface area contributed by atoms with Crippen molar-refractivity contribution >= 4 is 41.5 Å². The maximum Gasteiger partial charge on any atom is 0.274 e. The minimum absolute atomic E-state index is 0. The van der Waals surface area contributed by atoms with Gasteiger partial charge in [0.25, 0.3) is 5.91 Å². The van der Waals surface area contributed by atoms with Gasteiger partial charge in [-0.1, -0.05) is 23.9 Å². The molecular weight excluding hydrogens is 600 g/mol. The van der Waals surface area contributed by atoms with E-state index in [4.69, 9.17) is 18.9 Å². The van der Waals surface area contributed by atoms with E-state index in [0.29, 0.717) is 23.7 Å². The summed E-state index contributed by atoms with van der Waals surface area (Å²) in [6, 6.07) is 20.8. The first-order valence-electron chi connectivity index (χ1n) is 14.7. The van der Waals surface area contributed by atoms with Gasteiger partial charge in [-0.05, 0) is 99.9 Å². The molecule has 10 heteroatoms. The number of anilines is 1. The Morgan fingerprint density at radius 3 is 2.30 bits per heavy atom. The lowest BCUT2D eigenvalue weighted by Crippen LogP contribution is -2.47. The van der Waals surface area contributed by atoms with E-state index < -0.39 is 4.93 Å². The lowest BCUT2D eigenvalue weighted by Gasteiger charge is -2.40. The van der Waals surface area contributed by atoms with Crippen molar-refractivity contribution in [2.75, 3.05) is 59.5 Å². The Morgan fingerprint density at radius 2 is 1.61 bits per heavy atom. The number of para-hydroxylation sites is 1. The molecule has 0 radical (unpaired) electrons. The standard InChI is InChI=1S/C34H40N2O6S.ClH/c1-35-29-9-5-6-10-31(29)43-34(41-4,33(35)38)28-23-27(40-3)15-16-30(28)42-22-8-7-19-36-20-17-25(18-21-36)32(37)24-11-13-26(39-2)14-12-24;/h5-6,9-16,23,25H,7-8,17-22H2,1-4H3;1H. The molecule has 0 aliphatic carbocycles. The first kappa shape index (κ1) is 33.6. The monoisotopic (exact) mass is 640 g/mol. The van der Waals surface area contributed by atoms with Crippen LogP contribution in [0.5, 0.6) is 17.2 Å². The quantitative estimate of drug-likeness (QED) is 0.165. The van der Waals surface area contributed by atoms with Gasteiger partial charge >= 0.3 is 0 Å². The fraction of sp³-hybridized carbons (Fsp3) is 0.412. The number of ether oxygens (including phenoxy) is 4. The van der Waals surface area contributed by atoms with Crippen LogP contribution < -0.4 is 19.1 Å². The van der Waals surface area contributed by atoms with Crippen LogP contribution in [0.25, 0.3) is 0 Å². The second-order valence-electron chi connectivity index (χ2n) is 10.9. The van der Waals surface area contributed by atoms with Gasteiger partial charge in [0.1, 0.15) is 17.2 Å². The third-order valence-corrected chi connectivity index (χ3v) is 9.77. The number of benzene rings is 3. The first-order valence-corrected chi connectivity index (χ1v) is 15.5. The van der Waals surface area contributed by atoms with Crippen LogP contribution in [0.15, 0.2) is 71.6 Å². The topological polar surface area (TPSA) is 77.5 Å². The smallest absolute Gasteiger partial charge is 0.274 e. The highest BCUT2D eigenvalue weighted by molar-refractivity contribution is 8.01. The van der Waals surface area contributed by atoms with E-state index in [1.165, 1.54) is 11.8 Å². The van der Waals surface area contributed by atoms with E-state index in [1.54, 1.807) is 33.3 Å². The number of halogens is 1. The summed E-state index contributed by atoms with van der Waals surface area (Å²) in [6.45, 7) is 3.30. The molecule has 236 valence electrons. The van der Waals surface area contributed by atoms with E-state index >= 15 is 0 Å². The molecule has 0 spiro atoms. The molecule has 1 fully saturated rings. The second-order valence-corrected chi connectivity index (χ2v) is 12.1. The number of ketones is 1. The molecule has 3 aromatic rings. The first-order chi connectivity index (χ1) is 20.9. The fourth-order valence-corrected chi connectivity index (χ4v) is 7.15. The molecule has 5 rings (SSSR count). The maximum absolute atomic E-state index is 13.8. The molecule has 1 amide bonds. The van der Waals surface area contributed by atoms with Gasteiger partial charge < -0.3 is 28.7 Å². The van der Waals surface area contributed by atoms with Crippen LogP contribution >= 0.6 is 24.2 Å². The predicted octanol–water partition coefficient (Wildman–Crippen LogP) is 6.45. The summed E-state index contributed by atoms with van der Waals surface area (Å²) in [5.74, 6) is 2.11. The molecule has 2 heterocycles. The highest BCUT2D eigenvalue weighted by atomic mass is 35.5. The van der Waals surface area contributed by atoms with Gasteiger partial charge in [0.2, 0.25) is 4.93 Å². The van der Waals surface area contributed by atoms with Gasteiger partial charge in [0, 0.05) is 36.1 Å². The Kier molecular flexibility index (Phi) is 11.6. The number of likely N-dealkylation sites (N-methyl/N-ethyl adjacent to an activating group) is 1. The highest BCUT2D eigenvalue weighted by Crippen LogP contribution is 2.53. The number of Topliss-reactive ketones (excluding diaryl/α,β-unsaturated/α-hetero) is 1. The average Bonchev–Trinajstić information content (AvgIpc) is 3.06. The van der Waals surface area contributed by atoms with E-state index in [2.05, 4.69) is 4.90 Å². The van der Waals surface area contributed by atoms with Gasteiger partial charge in [-0.2, -0.15) is 0 Å².